The molecular formula is C13H19N7O. The van der Waals surface area contributed by atoms with Gasteiger partial charge < -0.3 is 19.6 Å². The number of carbonyl (C=O) groups is 1. The van der Waals surface area contributed by atoms with Crippen molar-refractivity contribution in [2.75, 3.05) is 36.5 Å². The van der Waals surface area contributed by atoms with E-state index in [1.165, 1.54) is 0 Å². The van der Waals surface area contributed by atoms with Crippen LogP contribution < -0.4 is 16.2 Å². The van der Waals surface area contributed by atoms with Crippen LogP contribution in [0.4, 0.5) is 11.6 Å². The molecule has 3 rings (SSSR count). The van der Waals surface area contributed by atoms with Gasteiger partial charge in [-0.25, -0.2) is 15.8 Å². The molecule has 1 aliphatic rings. The Labute approximate surface area is 122 Å². The largest absolute Gasteiger partial charge is 0.352 e. The van der Waals surface area contributed by atoms with Gasteiger partial charge in [-0.05, 0) is 6.42 Å². The van der Waals surface area contributed by atoms with Crippen LogP contribution >= 0.6 is 0 Å². The van der Waals surface area contributed by atoms with Crippen LogP contribution in [0.25, 0.3) is 5.65 Å². The minimum atomic E-state index is 0.119. The molecule has 21 heavy (non-hydrogen) atoms. The third kappa shape index (κ3) is 2.62. The number of aromatic nitrogens is 3. The van der Waals surface area contributed by atoms with Gasteiger partial charge in [0.1, 0.15) is 0 Å². The first-order chi connectivity index (χ1) is 10.2. The average molecular weight is 289 g/mol. The molecule has 1 aliphatic heterocycles. The van der Waals surface area contributed by atoms with Gasteiger partial charge in [0.25, 0.3) is 0 Å². The van der Waals surface area contributed by atoms with Gasteiger partial charge in [0.05, 0.1) is 6.20 Å². The molecule has 0 saturated carbocycles. The lowest BCUT2D eigenvalue weighted by atomic mass is 10.3. The Kier molecular flexibility index (Phi) is 3.61. The number of nitrogens with two attached hydrogens (primary N) is 1. The van der Waals surface area contributed by atoms with Crippen molar-refractivity contribution in [1.29, 1.82) is 0 Å². The van der Waals surface area contributed by atoms with E-state index in [-0.39, 0.29) is 5.91 Å². The summed E-state index contributed by atoms with van der Waals surface area (Å²) in [6.07, 6.45) is 6.31. The van der Waals surface area contributed by atoms with Crippen molar-refractivity contribution < 1.29 is 4.79 Å². The quantitative estimate of drug-likeness (QED) is 0.600. The molecule has 0 aliphatic carbocycles. The first kappa shape index (κ1) is 13.6. The zero-order chi connectivity index (χ0) is 14.8. The molecule has 0 bridgehead atoms. The highest BCUT2D eigenvalue weighted by molar-refractivity contribution is 5.73. The Morgan fingerprint density at radius 3 is 2.95 bits per heavy atom. The molecule has 8 heteroatoms. The van der Waals surface area contributed by atoms with Crippen LogP contribution in [-0.2, 0) is 4.79 Å². The average Bonchev–Trinajstić information content (AvgIpc) is 2.81. The molecule has 112 valence electrons. The molecule has 0 radical (unpaired) electrons. The Bertz CT molecular complexity index is 653. The highest BCUT2D eigenvalue weighted by Gasteiger charge is 2.20. The third-order valence-corrected chi connectivity index (χ3v) is 3.75. The normalized spacial score (nSPS) is 16.1. The van der Waals surface area contributed by atoms with Gasteiger partial charge >= 0.3 is 0 Å². The van der Waals surface area contributed by atoms with E-state index >= 15 is 0 Å². The van der Waals surface area contributed by atoms with E-state index in [0.717, 1.165) is 37.5 Å². The lowest BCUT2D eigenvalue weighted by Crippen LogP contribution is -2.34. The number of hydrogen-bond donors (Lipinski definition) is 2. The van der Waals surface area contributed by atoms with Crippen molar-refractivity contribution in [2.24, 2.45) is 5.84 Å². The van der Waals surface area contributed by atoms with Crippen LogP contribution in [0.2, 0.25) is 0 Å². The van der Waals surface area contributed by atoms with Crippen molar-refractivity contribution in [2.45, 2.75) is 13.3 Å². The fourth-order valence-corrected chi connectivity index (χ4v) is 2.64. The first-order valence-electron chi connectivity index (χ1n) is 7.00. The van der Waals surface area contributed by atoms with Gasteiger partial charge in [-0.3, -0.25) is 4.79 Å². The second kappa shape index (κ2) is 5.57. The molecule has 2 aromatic heterocycles. The molecule has 2 aromatic rings. The van der Waals surface area contributed by atoms with Crippen molar-refractivity contribution >= 4 is 23.2 Å². The summed E-state index contributed by atoms with van der Waals surface area (Å²) in [7, 11) is 0. The van der Waals surface area contributed by atoms with Gasteiger partial charge in [0.2, 0.25) is 5.91 Å². The highest BCUT2D eigenvalue weighted by atomic mass is 16.2. The zero-order valence-electron chi connectivity index (χ0n) is 12.0. The van der Waals surface area contributed by atoms with Crippen molar-refractivity contribution in [3.63, 3.8) is 0 Å². The lowest BCUT2D eigenvalue weighted by molar-refractivity contribution is -0.128. The maximum Gasteiger partial charge on any atom is 0.219 e. The number of hydrogen-bond acceptors (Lipinski definition) is 6. The second-order valence-electron chi connectivity index (χ2n) is 5.10. The van der Waals surface area contributed by atoms with Crippen LogP contribution in [-0.4, -0.2) is 51.4 Å². The predicted molar refractivity (Wildman–Crippen MR) is 79.9 cm³/mol. The van der Waals surface area contributed by atoms with Gasteiger partial charge in [-0.15, -0.1) is 0 Å². The van der Waals surface area contributed by atoms with Crippen molar-refractivity contribution in [3.05, 3.63) is 18.6 Å². The molecule has 3 heterocycles. The van der Waals surface area contributed by atoms with E-state index in [4.69, 9.17) is 5.84 Å². The van der Waals surface area contributed by atoms with E-state index in [0.29, 0.717) is 12.4 Å². The molecule has 0 spiro atoms. The van der Waals surface area contributed by atoms with E-state index < -0.39 is 0 Å². The fraction of sp³-hybridized carbons (Fsp3) is 0.462. The molecule has 1 saturated heterocycles. The van der Waals surface area contributed by atoms with E-state index in [9.17, 15) is 4.79 Å². The summed E-state index contributed by atoms with van der Waals surface area (Å²) in [5.74, 6) is 6.98. The van der Waals surface area contributed by atoms with Gasteiger partial charge in [0, 0.05) is 45.5 Å². The Morgan fingerprint density at radius 1 is 1.33 bits per heavy atom. The maximum atomic E-state index is 11.5. The maximum absolute atomic E-state index is 11.5. The number of rotatable bonds is 2. The van der Waals surface area contributed by atoms with Gasteiger partial charge in [0.15, 0.2) is 17.3 Å². The van der Waals surface area contributed by atoms with E-state index in [1.807, 2.05) is 15.5 Å². The van der Waals surface area contributed by atoms with E-state index in [1.54, 1.807) is 19.3 Å². The summed E-state index contributed by atoms with van der Waals surface area (Å²) >= 11 is 0. The Hall–Kier alpha value is -2.35. The highest BCUT2D eigenvalue weighted by Crippen LogP contribution is 2.21. The molecule has 0 atom stereocenters. The summed E-state index contributed by atoms with van der Waals surface area (Å²) in [6.45, 7) is 4.67. The van der Waals surface area contributed by atoms with Crippen LogP contribution in [0.5, 0.6) is 0 Å². The number of fused-ring (bicyclic) bond motifs is 1. The molecule has 0 unspecified atom stereocenters. The van der Waals surface area contributed by atoms with Crippen LogP contribution in [0.3, 0.4) is 0 Å². The predicted octanol–water partition coefficient (Wildman–Crippen LogP) is 0.0735. The van der Waals surface area contributed by atoms with Gasteiger partial charge in [-0.1, -0.05) is 0 Å². The van der Waals surface area contributed by atoms with Crippen LogP contribution in [0.15, 0.2) is 18.6 Å². The van der Waals surface area contributed by atoms with Crippen molar-refractivity contribution in [3.8, 4) is 0 Å². The molecule has 3 N–H and O–H groups in total. The number of imidazole rings is 1. The summed E-state index contributed by atoms with van der Waals surface area (Å²) in [5.41, 5.74) is 3.38. The number of nitrogens with one attached hydrogen (secondary N) is 1. The minimum Gasteiger partial charge on any atom is -0.352 e. The first-order valence-corrected chi connectivity index (χ1v) is 7.00. The molecule has 1 amide bonds. The number of nitrogen functional groups attached to an aromatic ring is 1. The van der Waals surface area contributed by atoms with Crippen LogP contribution in [0.1, 0.15) is 13.3 Å². The monoisotopic (exact) mass is 289 g/mol. The summed E-state index contributed by atoms with van der Waals surface area (Å²) in [6, 6.07) is 0. The smallest absolute Gasteiger partial charge is 0.219 e. The Morgan fingerprint density at radius 2 is 2.19 bits per heavy atom. The number of nitrogens with zero attached hydrogens (tertiary/aromatic N) is 5. The lowest BCUT2D eigenvalue weighted by Gasteiger charge is -2.23. The standard InChI is InChI=1S/C13H19N7O/c1-10(21)18-4-2-5-19(8-7-18)13-12-15-3-6-20(12)9-11(16-13)17-14/h3,6,9,17H,2,4-5,7-8,14H2,1H3. The van der Waals surface area contributed by atoms with Gasteiger partial charge in [-0.2, -0.15) is 0 Å². The number of anilines is 2. The molecule has 0 aromatic carbocycles. The molecule has 1 fully saturated rings. The summed E-state index contributed by atoms with van der Waals surface area (Å²) in [4.78, 5) is 24.4. The topological polar surface area (TPSA) is 91.8 Å². The minimum absolute atomic E-state index is 0.119. The zero-order valence-corrected chi connectivity index (χ0v) is 12.0. The fourth-order valence-electron chi connectivity index (χ4n) is 2.64. The summed E-state index contributed by atoms with van der Waals surface area (Å²) in [5, 5.41) is 0. The third-order valence-electron chi connectivity index (χ3n) is 3.75. The summed E-state index contributed by atoms with van der Waals surface area (Å²) < 4.78 is 1.89. The van der Waals surface area contributed by atoms with E-state index in [2.05, 4.69) is 20.3 Å². The SMILES string of the molecule is CC(=O)N1CCCN(c2nc(NN)cn3ccnc23)CC1. The van der Waals surface area contributed by atoms with Crippen LogP contribution in [0, 0.1) is 0 Å². The Balaban J connectivity index is 1.92. The number of carbonyl (C=O) groups excluding carboxylic acids is 1. The molecule has 8 nitrogen and oxygen atoms in total. The molecular weight excluding hydrogens is 270 g/mol. The van der Waals surface area contributed by atoms with Crippen molar-refractivity contribution in [1.82, 2.24) is 19.3 Å². The number of hydrazine groups is 1. The number of amides is 1. The second-order valence-corrected chi connectivity index (χ2v) is 5.10.